The largest absolute Gasteiger partial charge is 0.496 e. The second-order valence-corrected chi connectivity index (χ2v) is 8.49. The van der Waals surface area contributed by atoms with Gasteiger partial charge in [0.05, 0.1) is 20.3 Å². The summed E-state index contributed by atoms with van der Waals surface area (Å²) in [7, 11) is 1.71. The van der Waals surface area contributed by atoms with Gasteiger partial charge in [-0.1, -0.05) is 24.8 Å². The van der Waals surface area contributed by atoms with Crippen LogP contribution in [-0.4, -0.2) is 44.9 Å². The lowest BCUT2D eigenvalue weighted by atomic mass is 9.97. The van der Waals surface area contributed by atoms with Crippen molar-refractivity contribution >= 4 is 0 Å². The average molecular weight is 420 g/mol. The maximum Gasteiger partial charge on any atom is 0.165 e. The van der Waals surface area contributed by atoms with Crippen LogP contribution in [0.3, 0.4) is 0 Å². The lowest BCUT2D eigenvalue weighted by molar-refractivity contribution is 0.132. The molecule has 1 atom stereocenters. The highest BCUT2D eigenvalue weighted by Gasteiger charge is 2.21. The van der Waals surface area contributed by atoms with E-state index < -0.39 is 0 Å². The fraction of sp³-hybridized carbons (Fsp3) is 0.481. The topological polar surface area (TPSA) is 30.9 Å². The number of piperidine rings is 1. The molecule has 2 aliphatic rings. The third-order valence-electron chi connectivity index (χ3n) is 6.26. The van der Waals surface area contributed by atoms with Crippen LogP contribution in [0, 0.1) is 24.7 Å². The number of hydrogen-bond donors (Lipinski definition) is 0. The molecule has 4 rings (SSSR count). The lowest BCUT2D eigenvalue weighted by Gasteiger charge is -2.31. The van der Waals surface area contributed by atoms with E-state index in [1.54, 1.807) is 7.11 Å². The van der Waals surface area contributed by atoms with E-state index in [0.29, 0.717) is 18.9 Å². The monoisotopic (exact) mass is 419 g/mol. The van der Waals surface area contributed by atoms with Gasteiger partial charge in [-0.15, -0.1) is 0 Å². The standard InChI is InChI=1S/C27H33NO3/c1-4-28-13-8-9-21(18-28)19-31-26-17-24(22-11-12-25(29-3)20(2)15-22)16-23-10-6-5-7-14-30-27(23)26/h11-12,15-17,21H,4,7-10,13-14,18-19H2,1-3H3. The molecule has 1 unspecified atom stereocenters. The molecule has 1 saturated heterocycles. The molecule has 31 heavy (non-hydrogen) atoms. The van der Waals surface area contributed by atoms with Gasteiger partial charge in [0.1, 0.15) is 5.75 Å². The third kappa shape index (κ3) is 5.17. The maximum atomic E-state index is 6.45. The molecular weight excluding hydrogens is 386 g/mol. The molecule has 0 aliphatic carbocycles. The van der Waals surface area contributed by atoms with Crippen LogP contribution in [0.5, 0.6) is 17.2 Å². The molecule has 4 heteroatoms. The molecular formula is C27H33NO3. The number of ether oxygens (including phenoxy) is 3. The lowest BCUT2D eigenvalue weighted by Crippen LogP contribution is -2.37. The number of methoxy groups -OCH3 is 1. The molecule has 2 heterocycles. The summed E-state index contributed by atoms with van der Waals surface area (Å²) in [5.74, 6) is 9.65. The molecule has 2 aromatic rings. The van der Waals surface area contributed by atoms with Gasteiger partial charge in [0.2, 0.25) is 0 Å². The predicted octanol–water partition coefficient (Wildman–Crippen LogP) is 5.11. The van der Waals surface area contributed by atoms with Gasteiger partial charge in [-0.3, -0.25) is 0 Å². The molecule has 0 amide bonds. The molecule has 0 aromatic heterocycles. The Hall–Kier alpha value is -2.64. The first-order chi connectivity index (χ1) is 15.2. The Balaban J connectivity index is 1.64. The van der Waals surface area contributed by atoms with Crippen molar-refractivity contribution < 1.29 is 14.2 Å². The highest BCUT2D eigenvalue weighted by atomic mass is 16.5. The molecule has 2 aromatic carbocycles. The molecule has 0 radical (unpaired) electrons. The van der Waals surface area contributed by atoms with Crippen molar-refractivity contribution in [2.45, 2.75) is 39.5 Å². The minimum Gasteiger partial charge on any atom is -0.496 e. The highest BCUT2D eigenvalue weighted by molar-refractivity contribution is 5.71. The van der Waals surface area contributed by atoms with E-state index in [2.05, 4.69) is 54.9 Å². The van der Waals surface area contributed by atoms with Crippen LogP contribution in [-0.2, 0) is 6.42 Å². The number of nitrogens with zero attached hydrogens (tertiary/aromatic N) is 1. The van der Waals surface area contributed by atoms with Crippen molar-refractivity contribution in [3.8, 4) is 40.2 Å². The number of rotatable bonds is 6. The minimum atomic E-state index is 0.560. The van der Waals surface area contributed by atoms with Crippen LogP contribution >= 0.6 is 0 Å². The number of benzene rings is 2. The molecule has 1 fully saturated rings. The number of aryl methyl sites for hydroxylation is 1. The summed E-state index contributed by atoms with van der Waals surface area (Å²) in [6, 6.07) is 10.6. The van der Waals surface area contributed by atoms with Gasteiger partial charge >= 0.3 is 0 Å². The Labute approximate surface area is 186 Å². The highest BCUT2D eigenvalue weighted by Crippen LogP contribution is 2.39. The Bertz CT molecular complexity index is 972. The summed E-state index contributed by atoms with van der Waals surface area (Å²) in [6.45, 7) is 9.07. The summed E-state index contributed by atoms with van der Waals surface area (Å²) in [4.78, 5) is 2.52. The molecule has 4 nitrogen and oxygen atoms in total. The van der Waals surface area contributed by atoms with Crippen LogP contribution in [0.25, 0.3) is 11.1 Å². The summed E-state index contributed by atoms with van der Waals surface area (Å²) in [5, 5.41) is 0. The van der Waals surface area contributed by atoms with Crippen molar-refractivity contribution in [1.29, 1.82) is 0 Å². The van der Waals surface area contributed by atoms with Crippen molar-refractivity contribution in [1.82, 2.24) is 4.90 Å². The van der Waals surface area contributed by atoms with E-state index in [-0.39, 0.29) is 0 Å². The van der Waals surface area contributed by atoms with Gasteiger partial charge in [-0.2, -0.15) is 0 Å². The number of fused-ring (bicyclic) bond motifs is 1. The van der Waals surface area contributed by atoms with Crippen molar-refractivity contribution in [2.24, 2.45) is 5.92 Å². The Morgan fingerprint density at radius 3 is 2.84 bits per heavy atom. The van der Waals surface area contributed by atoms with Crippen LogP contribution in [0.4, 0.5) is 0 Å². The first-order valence-electron chi connectivity index (χ1n) is 11.4. The van der Waals surface area contributed by atoms with Crippen LogP contribution in [0.2, 0.25) is 0 Å². The first-order valence-corrected chi connectivity index (χ1v) is 11.4. The van der Waals surface area contributed by atoms with Crippen molar-refractivity contribution in [2.75, 3.05) is 40.0 Å². The quantitative estimate of drug-likeness (QED) is 0.609. The average Bonchev–Trinajstić information content (AvgIpc) is 2.78. The Morgan fingerprint density at radius 1 is 1.13 bits per heavy atom. The van der Waals surface area contributed by atoms with Crippen LogP contribution in [0.15, 0.2) is 30.3 Å². The van der Waals surface area contributed by atoms with E-state index >= 15 is 0 Å². The second kappa shape index (κ2) is 10.1. The second-order valence-electron chi connectivity index (χ2n) is 8.49. The number of hydrogen-bond acceptors (Lipinski definition) is 4. The minimum absolute atomic E-state index is 0.560. The maximum absolute atomic E-state index is 6.45. The van der Waals surface area contributed by atoms with E-state index in [1.807, 2.05) is 6.07 Å². The molecule has 2 aliphatic heterocycles. The Kier molecular flexibility index (Phi) is 7.04. The Morgan fingerprint density at radius 2 is 2.03 bits per heavy atom. The SMILES string of the molecule is CCN1CCCC(COc2cc(-c3ccc(OC)c(C)c3)cc3c2OCCC#CC3)C1. The smallest absolute Gasteiger partial charge is 0.165 e. The fourth-order valence-electron chi connectivity index (χ4n) is 4.52. The van der Waals surface area contributed by atoms with Crippen LogP contribution in [0.1, 0.15) is 37.3 Å². The summed E-state index contributed by atoms with van der Waals surface area (Å²) < 4.78 is 18.0. The predicted molar refractivity (Wildman–Crippen MR) is 125 cm³/mol. The molecule has 164 valence electrons. The van der Waals surface area contributed by atoms with Crippen molar-refractivity contribution in [3.63, 3.8) is 0 Å². The zero-order chi connectivity index (χ0) is 21.6. The summed E-state index contributed by atoms with van der Waals surface area (Å²) in [5.41, 5.74) is 4.50. The van der Waals surface area contributed by atoms with Crippen molar-refractivity contribution in [3.05, 3.63) is 41.5 Å². The van der Waals surface area contributed by atoms with Gasteiger partial charge < -0.3 is 19.1 Å². The zero-order valence-electron chi connectivity index (χ0n) is 19.0. The van der Waals surface area contributed by atoms with Crippen LogP contribution < -0.4 is 14.2 Å². The summed E-state index contributed by atoms with van der Waals surface area (Å²) in [6.07, 6.45) is 3.91. The zero-order valence-corrected chi connectivity index (χ0v) is 19.0. The van der Waals surface area contributed by atoms with E-state index in [0.717, 1.165) is 65.6 Å². The van der Waals surface area contributed by atoms with E-state index in [1.165, 1.54) is 19.4 Å². The third-order valence-corrected chi connectivity index (χ3v) is 6.26. The van der Waals surface area contributed by atoms with Gasteiger partial charge in [-0.25, -0.2) is 0 Å². The van der Waals surface area contributed by atoms with E-state index in [4.69, 9.17) is 14.2 Å². The van der Waals surface area contributed by atoms with E-state index in [9.17, 15) is 0 Å². The molecule has 0 saturated carbocycles. The van der Waals surface area contributed by atoms with Gasteiger partial charge in [0.15, 0.2) is 11.5 Å². The van der Waals surface area contributed by atoms with Gasteiger partial charge in [0, 0.05) is 30.9 Å². The molecule has 0 bridgehead atoms. The fourth-order valence-corrected chi connectivity index (χ4v) is 4.52. The first kappa shape index (κ1) is 21.6. The normalized spacial score (nSPS) is 18.6. The summed E-state index contributed by atoms with van der Waals surface area (Å²) >= 11 is 0. The van der Waals surface area contributed by atoms with Gasteiger partial charge in [0.25, 0.3) is 0 Å². The molecule has 0 spiro atoms. The van der Waals surface area contributed by atoms with Gasteiger partial charge in [-0.05, 0) is 73.8 Å². The number of likely N-dealkylation sites (tertiary alicyclic amines) is 1. The molecule has 0 N–H and O–H groups in total.